The molecular weight excluding hydrogens is 244 g/mol. The van der Waals surface area contributed by atoms with E-state index in [9.17, 15) is 10.1 Å². The molecule has 0 amide bonds. The largest absolute Gasteiger partial charge is 0.367 e. The van der Waals surface area contributed by atoms with Crippen LogP contribution in [-0.2, 0) is 0 Å². The van der Waals surface area contributed by atoms with E-state index in [-0.39, 0.29) is 18.1 Å². The molecule has 0 saturated carbocycles. The summed E-state index contributed by atoms with van der Waals surface area (Å²) < 4.78 is 0. The molecular formula is C10H15ClN4O2. The Morgan fingerprint density at radius 2 is 2.12 bits per heavy atom. The first kappa shape index (κ1) is 13.7. The maximum Gasteiger partial charge on any atom is 0.287 e. The van der Waals surface area contributed by atoms with Gasteiger partial charge >= 0.3 is 0 Å². The molecule has 2 heterocycles. The first-order chi connectivity index (χ1) is 7.75. The third-order valence-electron chi connectivity index (χ3n) is 2.65. The molecule has 0 aliphatic carbocycles. The van der Waals surface area contributed by atoms with Crippen LogP contribution in [0.3, 0.4) is 0 Å². The number of nitrogens with one attached hydrogen (secondary N) is 2. The highest BCUT2D eigenvalue weighted by Crippen LogP contribution is 2.14. The average molecular weight is 259 g/mol. The summed E-state index contributed by atoms with van der Waals surface area (Å²) in [7, 11) is 0. The van der Waals surface area contributed by atoms with Gasteiger partial charge < -0.3 is 10.6 Å². The second kappa shape index (κ2) is 6.36. The number of halogens is 1. The first-order valence-corrected chi connectivity index (χ1v) is 5.33. The molecule has 1 aromatic heterocycles. The summed E-state index contributed by atoms with van der Waals surface area (Å²) >= 11 is 0. The lowest BCUT2D eigenvalue weighted by Crippen LogP contribution is -2.35. The van der Waals surface area contributed by atoms with Gasteiger partial charge in [-0.2, -0.15) is 0 Å². The van der Waals surface area contributed by atoms with Gasteiger partial charge in [0.1, 0.15) is 12.0 Å². The van der Waals surface area contributed by atoms with Gasteiger partial charge in [0.25, 0.3) is 5.69 Å². The number of rotatable bonds is 3. The number of nitrogens with zero attached hydrogens (tertiary/aromatic N) is 2. The lowest BCUT2D eigenvalue weighted by Gasteiger charge is -2.23. The van der Waals surface area contributed by atoms with E-state index in [2.05, 4.69) is 15.6 Å². The molecule has 17 heavy (non-hydrogen) atoms. The molecule has 0 bridgehead atoms. The Balaban J connectivity index is 0.00000144. The lowest BCUT2D eigenvalue weighted by molar-refractivity contribution is -0.385. The molecule has 1 aromatic rings. The number of piperidine rings is 1. The number of nitro groups is 1. The quantitative estimate of drug-likeness (QED) is 0.636. The van der Waals surface area contributed by atoms with Crippen molar-refractivity contribution < 1.29 is 4.92 Å². The molecule has 0 spiro atoms. The number of hydrogen-bond donors (Lipinski definition) is 2. The van der Waals surface area contributed by atoms with E-state index in [1.807, 2.05) is 0 Å². The van der Waals surface area contributed by atoms with Crippen molar-refractivity contribution in [2.24, 2.45) is 0 Å². The molecule has 2 rings (SSSR count). The van der Waals surface area contributed by atoms with E-state index < -0.39 is 4.92 Å². The maximum absolute atomic E-state index is 10.4. The Labute approximate surface area is 105 Å². The van der Waals surface area contributed by atoms with Crippen LogP contribution in [0.15, 0.2) is 18.3 Å². The fraction of sp³-hybridized carbons (Fsp3) is 0.500. The van der Waals surface area contributed by atoms with Crippen LogP contribution >= 0.6 is 12.4 Å². The van der Waals surface area contributed by atoms with E-state index in [0.717, 1.165) is 25.9 Å². The van der Waals surface area contributed by atoms with E-state index in [0.29, 0.717) is 11.9 Å². The Morgan fingerprint density at radius 3 is 2.65 bits per heavy atom. The predicted octanol–water partition coefficient (Wildman–Crippen LogP) is 1.58. The smallest absolute Gasteiger partial charge is 0.287 e. The maximum atomic E-state index is 10.4. The second-order valence-electron chi connectivity index (χ2n) is 3.83. The molecule has 94 valence electrons. The normalized spacial score (nSPS) is 16.0. The highest BCUT2D eigenvalue weighted by molar-refractivity contribution is 5.85. The highest BCUT2D eigenvalue weighted by atomic mass is 35.5. The van der Waals surface area contributed by atoms with Gasteiger partial charge in [-0.1, -0.05) is 0 Å². The Kier molecular flexibility index (Phi) is 5.11. The van der Waals surface area contributed by atoms with Gasteiger partial charge in [-0.3, -0.25) is 10.1 Å². The molecule has 7 heteroatoms. The van der Waals surface area contributed by atoms with Gasteiger partial charge in [0, 0.05) is 12.1 Å². The molecule has 1 fully saturated rings. The molecule has 6 nitrogen and oxygen atoms in total. The molecule has 1 saturated heterocycles. The Morgan fingerprint density at radius 1 is 1.41 bits per heavy atom. The summed E-state index contributed by atoms with van der Waals surface area (Å²) in [6, 6.07) is 3.53. The molecule has 0 radical (unpaired) electrons. The van der Waals surface area contributed by atoms with Crippen molar-refractivity contribution >= 4 is 23.9 Å². The van der Waals surface area contributed by atoms with E-state index in [1.165, 1.54) is 12.3 Å². The third-order valence-corrected chi connectivity index (χ3v) is 2.65. The van der Waals surface area contributed by atoms with Crippen LogP contribution in [-0.4, -0.2) is 29.0 Å². The van der Waals surface area contributed by atoms with Gasteiger partial charge in [0.2, 0.25) is 0 Å². The minimum atomic E-state index is -0.443. The van der Waals surface area contributed by atoms with Gasteiger partial charge in [-0.25, -0.2) is 4.98 Å². The summed E-state index contributed by atoms with van der Waals surface area (Å²) in [6.07, 6.45) is 3.39. The van der Waals surface area contributed by atoms with Crippen LogP contribution in [0, 0.1) is 10.1 Å². The van der Waals surface area contributed by atoms with Crippen LogP contribution in [0.5, 0.6) is 0 Å². The SMILES string of the molecule is Cl.O=[N+]([O-])c1ccc(NC2CCNCC2)nc1. The zero-order valence-corrected chi connectivity index (χ0v) is 10.1. The van der Waals surface area contributed by atoms with E-state index in [4.69, 9.17) is 0 Å². The molecule has 0 atom stereocenters. The summed E-state index contributed by atoms with van der Waals surface area (Å²) in [6.45, 7) is 2.01. The van der Waals surface area contributed by atoms with Gasteiger partial charge in [-0.05, 0) is 32.0 Å². The highest BCUT2D eigenvalue weighted by Gasteiger charge is 2.13. The van der Waals surface area contributed by atoms with E-state index in [1.54, 1.807) is 6.07 Å². The zero-order valence-electron chi connectivity index (χ0n) is 9.26. The fourth-order valence-electron chi connectivity index (χ4n) is 1.75. The molecule has 2 N–H and O–H groups in total. The minimum absolute atomic E-state index is 0. The number of pyridine rings is 1. The number of aromatic nitrogens is 1. The van der Waals surface area contributed by atoms with Crippen LogP contribution in [0.4, 0.5) is 11.5 Å². The second-order valence-corrected chi connectivity index (χ2v) is 3.83. The van der Waals surface area contributed by atoms with Gasteiger partial charge in [0.05, 0.1) is 4.92 Å². The van der Waals surface area contributed by atoms with Crippen molar-refractivity contribution in [2.75, 3.05) is 18.4 Å². The van der Waals surface area contributed by atoms with Crippen LogP contribution in [0.1, 0.15) is 12.8 Å². The zero-order chi connectivity index (χ0) is 11.4. The van der Waals surface area contributed by atoms with E-state index >= 15 is 0 Å². The number of anilines is 1. The van der Waals surface area contributed by atoms with Crippen LogP contribution in [0.2, 0.25) is 0 Å². The molecule has 0 aromatic carbocycles. The number of hydrogen-bond acceptors (Lipinski definition) is 5. The van der Waals surface area contributed by atoms with Crippen molar-refractivity contribution in [2.45, 2.75) is 18.9 Å². The summed E-state index contributed by atoms with van der Waals surface area (Å²) in [5.74, 6) is 0.706. The monoisotopic (exact) mass is 258 g/mol. The van der Waals surface area contributed by atoms with Crippen molar-refractivity contribution in [1.82, 2.24) is 10.3 Å². The summed E-state index contributed by atoms with van der Waals surface area (Å²) in [5.41, 5.74) is 0.0239. The fourth-order valence-corrected chi connectivity index (χ4v) is 1.75. The Hall–Kier alpha value is -1.40. The van der Waals surface area contributed by atoms with Gasteiger partial charge in [-0.15, -0.1) is 12.4 Å². The van der Waals surface area contributed by atoms with Crippen molar-refractivity contribution in [3.05, 3.63) is 28.4 Å². The van der Waals surface area contributed by atoms with Crippen LogP contribution in [0.25, 0.3) is 0 Å². The van der Waals surface area contributed by atoms with Gasteiger partial charge in [0.15, 0.2) is 0 Å². The predicted molar refractivity (Wildman–Crippen MR) is 67.7 cm³/mol. The minimum Gasteiger partial charge on any atom is -0.367 e. The van der Waals surface area contributed by atoms with Crippen molar-refractivity contribution in [3.63, 3.8) is 0 Å². The third kappa shape index (κ3) is 3.83. The summed E-state index contributed by atoms with van der Waals surface area (Å²) in [4.78, 5) is 14.0. The molecule has 1 aliphatic rings. The van der Waals surface area contributed by atoms with Crippen molar-refractivity contribution in [1.29, 1.82) is 0 Å². The average Bonchev–Trinajstić information content (AvgIpc) is 2.31. The molecule has 0 unspecified atom stereocenters. The standard InChI is InChI=1S/C10H14N4O2.ClH/c15-14(16)9-1-2-10(12-7-9)13-8-3-5-11-6-4-8;/h1-2,7-8,11H,3-6H2,(H,12,13);1H. The lowest BCUT2D eigenvalue weighted by atomic mass is 10.1. The van der Waals surface area contributed by atoms with Crippen LogP contribution < -0.4 is 10.6 Å². The molecule has 1 aliphatic heterocycles. The van der Waals surface area contributed by atoms with Crippen molar-refractivity contribution in [3.8, 4) is 0 Å². The topological polar surface area (TPSA) is 80.1 Å². The Bertz CT molecular complexity index is 365. The summed E-state index contributed by atoms with van der Waals surface area (Å²) in [5, 5.41) is 17.0. The first-order valence-electron chi connectivity index (χ1n) is 5.33.